The summed E-state index contributed by atoms with van der Waals surface area (Å²) >= 11 is 0. The SMILES string of the molecule is CC(N)CCCNCc1ccc2c(c1)oc(=O)n2C. The molecule has 0 saturated carbocycles. The van der Waals surface area contributed by atoms with Crippen molar-refractivity contribution in [3.8, 4) is 0 Å². The first kappa shape index (κ1) is 13.8. The summed E-state index contributed by atoms with van der Waals surface area (Å²) in [5.41, 5.74) is 8.27. The summed E-state index contributed by atoms with van der Waals surface area (Å²) in [7, 11) is 1.71. The largest absolute Gasteiger partial charge is 0.419 e. The van der Waals surface area contributed by atoms with E-state index in [1.165, 1.54) is 4.57 Å². The van der Waals surface area contributed by atoms with Crippen molar-refractivity contribution in [2.75, 3.05) is 6.54 Å². The van der Waals surface area contributed by atoms with Crippen LogP contribution in [0.2, 0.25) is 0 Å². The summed E-state index contributed by atoms with van der Waals surface area (Å²) in [4.78, 5) is 11.4. The highest BCUT2D eigenvalue weighted by atomic mass is 16.4. The number of nitrogens with one attached hydrogen (secondary N) is 1. The molecule has 0 aliphatic heterocycles. The van der Waals surface area contributed by atoms with Gasteiger partial charge in [0.05, 0.1) is 5.52 Å². The van der Waals surface area contributed by atoms with Gasteiger partial charge in [0.25, 0.3) is 0 Å². The fourth-order valence-corrected chi connectivity index (χ4v) is 2.07. The molecule has 1 atom stereocenters. The first-order valence-corrected chi connectivity index (χ1v) is 6.62. The van der Waals surface area contributed by atoms with Gasteiger partial charge in [0, 0.05) is 19.6 Å². The van der Waals surface area contributed by atoms with E-state index in [1.54, 1.807) is 7.05 Å². The molecule has 0 amide bonds. The molecule has 3 N–H and O–H groups in total. The van der Waals surface area contributed by atoms with Crippen molar-refractivity contribution < 1.29 is 4.42 Å². The maximum atomic E-state index is 11.4. The minimum atomic E-state index is -0.322. The maximum Gasteiger partial charge on any atom is 0.419 e. The van der Waals surface area contributed by atoms with E-state index in [1.807, 2.05) is 25.1 Å². The van der Waals surface area contributed by atoms with Gasteiger partial charge in [-0.1, -0.05) is 6.07 Å². The zero-order valence-corrected chi connectivity index (χ0v) is 11.5. The molecule has 0 radical (unpaired) electrons. The zero-order chi connectivity index (χ0) is 13.8. The van der Waals surface area contributed by atoms with E-state index in [4.69, 9.17) is 10.2 Å². The fourth-order valence-electron chi connectivity index (χ4n) is 2.07. The Morgan fingerprint density at radius 3 is 3.00 bits per heavy atom. The van der Waals surface area contributed by atoms with Gasteiger partial charge < -0.3 is 15.5 Å². The van der Waals surface area contributed by atoms with E-state index in [0.717, 1.165) is 37.0 Å². The van der Waals surface area contributed by atoms with Gasteiger partial charge in [0.1, 0.15) is 0 Å². The first-order valence-electron chi connectivity index (χ1n) is 6.62. The van der Waals surface area contributed by atoms with Crippen LogP contribution < -0.4 is 16.8 Å². The summed E-state index contributed by atoms with van der Waals surface area (Å²) in [6.45, 7) is 3.73. The molecule has 19 heavy (non-hydrogen) atoms. The zero-order valence-electron chi connectivity index (χ0n) is 11.5. The number of hydrogen-bond donors (Lipinski definition) is 2. The second-order valence-electron chi connectivity index (χ2n) is 5.03. The Morgan fingerprint density at radius 2 is 2.26 bits per heavy atom. The van der Waals surface area contributed by atoms with E-state index < -0.39 is 0 Å². The van der Waals surface area contributed by atoms with Gasteiger partial charge in [-0.15, -0.1) is 0 Å². The molecule has 2 aromatic rings. The van der Waals surface area contributed by atoms with Crippen molar-refractivity contribution in [3.63, 3.8) is 0 Å². The van der Waals surface area contributed by atoms with E-state index in [2.05, 4.69) is 5.32 Å². The van der Waals surface area contributed by atoms with Crippen LogP contribution in [0.15, 0.2) is 27.4 Å². The van der Waals surface area contributed by atoms with Crippen LogP contribution in [-0.2, 0) is 13.6 Å². The number of aromatic nitrogens is 1. The molecule has 1 aromatic carbocycles. The summed E-state index contributed by atoms with van der Waals surface area (Å²) in [5, 5.41) is 3.36. The van der Waals surface area contributed by atoms with Crippen LogP contribution in [0.5, 0.6) is 0 Å². The molecular formula is C14H21N3O2. The molecule has 1 unspecified atom stereocenters. The molecule has 5 heteroatoms. The maximum absolute atomic E-state index is 11.4. The smallest absolute Gasteiger partial charge is 0.408 e. The molecule has 104 valence electrons. The first-order chi connectivity index (χ1) is 9.08. The molecule has 0 aliphatic carbocycles. The van der Waals surface area contributed by atoms with Crippen LogP contribution in [0.4, 0.5) is 0 Å². The average molecular weight is 263 g/mol. The summed E-state index contributed by atoms with van der Waals surface area (Å²) in [5.74, 6) is -0.322. The summed E-state index contributed by atoms with van der Waals surface area (Å²) < 4.78 is 6.67. The molecule has 1 aromatic heterocycles. The Labute approximate surface area is 112 Å². The molecular weight excluding hydrogens is 242 g/mol. The lowest BCUT2D eigenvalue weighted by Crippen LogP contribution is -2.19. The van der Waals surface area contributed by atoms with Gasteiger partial charge in [0.15, 0.2) is 5.58 Å². The fraction of sp³-hybridized carbons (Fsp3) is 0.500. The van der Waals surface area contributed by atoms with Crippen molar-refractivity contribution in [2.45, 2.75) is 32.4 Å². The third kappa shape index (κ3) is 3.45. The predicted molar refractivity (Wildman–Crippen MR) is 76.0 cm³/mol. The van der Waals surface area contributed by atoms with Crippen LogP contribution >= 0.6 is 0 Å². The third-order valence-electron chi connectivity index (χ3n) is 3.20. The second kappa shape index (κ2) is 6.04. The Hall–Kier alpha value is -1.59. The second-order valence-corrected chi connectivity index (χ2v) is 5.03. The van der Waals surface area contributed by atoms with Crippen LogP contribution in [0.25, 0.3) is 11.1 Å². The Balaban J connectivity index is 1.93. The Kier molecular flexibility index (Phi) is 4.39. The van der Waals surface area contributed by atoms with E-state index in [9.17, 15) is 4.79 Å². The number of rotatable bonds is 6. The predicted octanol–water partition coefficient (Wildman–Crippen LogP) is 1.35. The van der Waals surface area contributed by atoms with Crippen molar-refractivity contribution in [2.24, 2.45) is 12.8 Å². The van der Waals surface area contributed by atoms with Crippen LogP contribution in [0.1, 0.15) is 25.3 Å². The molecule has 0 saturated heterocycles. The normalized spacial score (nSPS) is 13.0. The highest BCUT2D eigenvalue weighted by Gasteiger charge is 2.05. The molecule has 0 spiro atoms. The number of nitrogens with zero attached hydrogens (tertiary/aromatic N) is 1. The number of nitrogens with two attached hydrogens (primary N) is 1. The topological polar surface area (TPSA) is 73.2 Å². The quantitative estimate of drug-likeness (QED) is 0.772. The van der Waals surface area contributed by atoms with Gasteiger partial charge in [-0.2, -0.15) is 0 Å². The number of oxazole rings is 1. The van der Waals surface area contributed by atoms with Crippen LogP contribution in [0, 0.1) is 0 Å². The average Bonchev–Trinajstić information content (AvgIpc) is 2.64. The molecule has 0 aliphatic rings. The van der Waals surface area contributed by atoms with Crippen molar-refractivity contribution in [3.05, 3.63) is 34.3 Å². The lowest BCUT2D eigenvalue weighted by Gasteiger charge is -2.06. The van der Waals surface area contributed by atoms with Gasteiger partial charge in [-0.25, -0.2) is 4.79 Å². The molecule has 5 nitrogen and oxygen atoms in total. The van der Waals surface area contributed by atoms with Gasteiger partial charge in [-0.05, 0) is 44.0 Å². The highest BCUT2D eigenvalue weighted by molar-refractivity contribution is 5.73. The van der Waals surface area contributed by atoms with Crippen LogP contribution in [-0.4, -0.2) is 17.2 Å². The minimum absolute atomic E-state index is 0.261. The van der Waals surface area contributed by atoms with Gasteiger partial charge >= 0.3 is 5.76 Å². The number of hydrogen-bond acceptors (Lipinski definition) is 4. The highest BCUT2D eigenvalue weighted by Crippen LogP contribution is 2.14. The lowest BCUT2D eigenvalue weighted by molar-refractivity contribution is 0.527. The van der Waals surface area contributed by atoms with Crippen molar-refractivity contribution in [1.29, 1.82) is 0 Å². The molecule has 0 bridgehead atoms. The van der Waals surface area contributed by atoms with Gasteiger partial charge in [0.2, 0.25) is 0 Å². The van der Waals surface area contributed by atoms with E-state index in [-0.39, 0.29) is 11.8 Å². The van der Waals surface area contributed by atoms with E-state index in [0.29, 0.717) is 5.58 Å². The molecule has 0 fully saturated rings. The molecule has 2 rings (SSSR count). The number of fused-ring (bicyclic) bond motifs is 1. The Bertz CT molecular complexity index is 598. The van der Waals surface area contributed by atoms with Crippen LogP contribution in [0.3, 0.4) is 0 Å². The summed E-state index contributed by atoms with van der Waals surface area (Å²) in [6.07, 6.45) is 2.10. The minimum Gasteiger partial charge on any atom is -0.408 e. The Morgan fingerprint density at radius 1 is 1.47 bits per heavy atom. The van der Waals surface area contributed by atoms with Crippen molar-refractivity contribution in [1.82, 2.24) is 9.88 Å². The number of aryl methyl sites for hydroxylation is 1. The lowest BCUT2D eigenvalue weighted by atomic mass is 10.2. The standard InChI is InChI=1S/C14H21N3O2/c1-10(15)4-3-7-16-9-11-5-6-12-13(8-11)19-14(18)17(12)2/h5-6,8,10,16H,3-4,7,9,15H2,1-2H3. The third-order valence-corrected chi connectivity index (χ3v) is 3.20. The van der Waals surface area contributed by atoms with Crippen molar-refractivity contribution >= 4 is 11.1 Å². The summed E-state index contributed by atoms with van der Waals surface area (Å²) in [6, 6.07) is 6.10. The number of benzene rings is 1. The molecule has 1 heterocycles. The monoisotopic (exact) mass is 263 g/mol. The van der Waals surface area contributed by atoms with Gasteiger partial charge in [-0.3, -0.25) is 4.57 Å². The van der Waals surface area contributed by atoms with E-state index >= 15 is 0 Å².